The number of piperidine rings is 1. The van der Waals surface area contributed by atoms with E-state index in [9.17, 15) is 14.4 Å². The Kier molecular flexibility index (Phi) is 7.22. The van der Waals surface area contributed by atoms with E-state index in [1.807, 2.05) is 60.7 Å². The van der Waals surface area contributed by atoms with Gasteiger partial charge in [-0.1, -0.05) is 60.7 Å². The smallest absolute Gasteiger partial charge is 0.316 e. The van der Waals surface area contributed by atoms with Gasteiger partial charge in [-0.05, 0) is 24.0 Å². The molecule has 6 nitrogen and oxygen atoms in total. The van der Waals surface area contributed by atoms with E-state index in [0.29, 0.717) is 38.9 Å². The van der Waals surface area contributed by atoms with E-state index in [2.05, 4.69) is 5.32 Å². The van der Waals surface area contributed by atoms with Crippen molar-refractivity contribution in [2.45, 2.75) is 31.1 Å². The number of carbonyl (C=O) groups is 3. The van der Waals surface area contributed by atoms with Crippen LogP contribution in [0.15, 0.2) is 60.7 Å². The number of rotatable bonds is 7. The van der Waals surface area contributed by atoms with Crippen molar-refractivity contribution in [3.8, 4) is 0 Å². The van der Waals surface area contributed by atoms with Crippen molar-refractivity contribution in [1.29, 1.82) is 0 Å². The van der Waals surface area contributed by atoms with Crippen LogP contribution in [0.3, 0.4) is 0 Å². The van der Waals surface area contributed by atoms with E-state index in [4.69, 9.17) is 4.74 Å². The van der Waals surface area contributed by atoms with Crippen LogP contribution in [0, 0.1) is 0 Å². The maximum absolute atomic E-state index is 12.6. The maximum Gasteiger partial charge on any atom is 0.316 e. The van der Waals surface area contributed by atoms with Gasteiger partial charge in [-0.25, -0.2) is 0 Å². The molecule has 1 aliphatic rings. The lowest BCUT2D eigenvalue weighted by atomic mass is 9.72. The largest absolute Gasteiger partial charge is 0.468 e. The van der Waals surface area contributed by atoms with Crippen molar-refractivity contribution >= 4 is 17.8 Å². The van der Waals surface area contributed by atoms with E-state index in [-0.39, 0.29) is 24.2 Å². The topological polar surface area (TPSA) is 75.7 Å². The third kappa shape index (κ3) is 5.06. The van der Waals surface area contributed by atoms with Crippen LogP contribution in [0.2, 0.25) is 0 Å². The highest BCUT2D eigenvalue weighted by atomic mass is 16.5. The number of methoxy groups -OCH3 is 1. The van der Waals surface area contributed by atoms with Crippen molar-refractivity contribution in [2.24, 2.45) is 0 Å². The zero-order chi connectivity index (χ0) is 21.4. The number of nitrogens with zero attached hydrogens (tertiary/aromatic N) is 1. The highest BCUT2D eigenvalue weighted by Crippen LogP contribution is 2.36. The van der Waals surface area contributed by atoms with Gasteiger partial charge >= 0.3 is 5.97 Å². The lowest BCUT2D eigenvalue weighted by molar-refractivity contribution is -0.151. The summed E-state index contributed by atoms with van der Waals surface area (Å²) in [6, 6.07) is 19.1. The molecule has 1 fully saturated rings. The quantitative estimate of drug-likeness (QED) is 0.714. The second kappa shape index (κ2) is 10.1. The zero-order valence-corrected chi connectivity index (χ0v) is 17.3. The van der Waals surface area contributed by atoms with Crippen LogP contribution in [-0.4, -0.2) is 49.4 Å². The van der Waals surface area contributed by atoms with Crippen LogP contribution in [0.1, 0.15) is 30.4 Å². The van der Waals surface area contributed by atoms with Crippen molar-refractivity contribution < 1.29 is 19.1 Å². The van der Waals surface area contributed by atoms with E-state index in [0.717, 1.165) is 11.1 Å². The molecule has 6 heteroatoms. The molecule has 0 aromatic heterocycles. The SMILES string of the molecule is COC(=O)C1(c2ccccc2)CCN(C(=O)CCNC(=O)Cc2ccccc2)CC1. The summed E-state index contributed by atoms with van der Waals surface area (Å²) >= 11 is 0. The van der Waals surface area contributed by atoms with Crippen LogP contribution in [0.5, 0.6) is 0 Å². The Morgan fingerprint density at radius 1 is 0.967 bits per heavy atom. The Bertz CT molecular complexity index is 859. The van der Waals surface area contributed by atoms with Crippen LogP contribution in [-0.2, 0) is 31.0 Å². The second-order valence-electron chi connectivity index (χ2n) is 7.58. The molecule has 1 heterocycles. The minimum Gasteiger partial charge on any atom is -0.468 e. The molecular weight excluding hydrogens is 380 g/mol. The summed E-state index contributed by atoms with van der Waals surface area (Å²) in [6.45, 7) is 1.28. The summed E-state index contributed by atoms with van der Waals surface area (Å²) in [5.74, 6) is -0.364. The number of ether oxygens (including phenoxy) is 1. The van der Waals surface area contributed by atoms with E-state index in [1.54, 1.807) is 4.90 Å². The average molecular weight is 408 g/mol. The Labute approximate surface area is 177 Å². The van der Waals surface area contributed by atoms with Gasteiger partial charge in [0.05, 0.1) is 18.9 Å². The van der Waals surface area contributed by atoms with Crippen molar-refractivity contribution in [3.63, 3.8) is 0 Å². The number of esters is 1. The average Bonchev–Trinajstić information content (AvgIpc) is 2.79. The molecule has 30 heavy (non-hydrogen) atoms. The molecule has 158 valence electrons. The van der Waals surface area contributed by atoms with Gasteiger partial charge < -0.3 is 15.0 Å². The molecule has 1 N–H and O–H groups in total. The molecule has 0 saturated carbocycles. The first kappa shape index (κ1) is 21.6. The normalized spacial score (nSPS) is 15.3. The van der Waals surface area contributed by atoms with E-state index in [1.165, 1.54) is 7.11 Å². The standard InChI is InChI=1S/C24H28N2O4/c1-30-23(29)24(20-10-6-3-7-11-20)13-16-26(17-14-24)22(28)12-15-25-21(27)18-19-8-4-2-5-9-19/h2-11H,12-18H2,1H3,(H,25,27). The van der Waals surface area contributed by atoms with Gasteiger partial charge in [-0.3, -0.25) is 14.4 Å². The Morgan fingerprint density at radius 2 is 1.57 bits per heavy atom. The lowest BCUT2D eigenvalue weighted by Crippen LogP contribution is -2.49. The van der Waals surface area contributed by atoms with E-state index < -0.39 is 5.41 Å². The van der Waals surface area contributed by atoms with Gasteiger partial charge in [0.1, 0.15) is 0 Å². The summed E-state index contributed by atoms with van der Waals surface area (Å²) in [5, 5.41) is 2.81. The van der Waals surface area contributed by atoms with Gasteiger partial charge in [-0.15, -0.1) is 0 Å². The van der Waals surface area contributed by atoms with Gasteiger partial charge in [0.15, 0.2) is 0 Å². The molecule has 0 bridgehead atoms. The molecule has 0 unspecified atom stereocenters. The first-order valence-corrected chi connectivity index (χ1v) is 10.3. The number of hydrogen-bond acceptors (Lipinski definition) is 4. The predicted molar refractivity (Wildman–Crippen MR) is 114 cm³/mol. The van der Waals surface area contributed by atoms with Crippen LogP contribution in [0.4, 0.5) is 0 Å². The summed E-state index contributed by atoms with van der Waals surface area (Å²) in [7, 11) is 1.41. The minimum absolute atomic E-state index is 0.0125. The first-order chi connectivity index (χ1) is 14.5. The summed E-state index contributed by atoms with van der Waals surface area (Å²) in [5.41, 5.74) is 1.16. The molecule has 2 aromatic carbocycles. The molecule has 0 aliphatic carbocycles. The Morgan fingerprint density at radius 3 is 2.17 bits per heavy atom. The lowest BCUT2D eigenvalue weighted by Gasteiger charge is -2.40. The molecular formula is C24H28N2O4. The number of amides is 2. The van der Waals surface area contributed by atoms with Gasteiger partial charge in [0.2, 0.25) is 11.8 Å². The fraction of sp³-hybridized carbons (Fsp3) is 0.375. The van der Waals surface area contributed by atoms with Crippen molar-refractivity contribution in [3.05, 3.63) is 71.8 Å². The summed E-state index contributed by atoms with van der Waals surface area (Å²) < 4.78 is 5.09. The predicted octanol–water partition coefficient (Wildman–Crippen LogP) is 2.47. The minimum atomic E-state index is -0.712. The maximum atomic E-state index is 12.6. The molecule has 3 rings (SSSR count). The van der Waals surface area contributed by atoms with Crippen molar-refractivity contribution in [2.75, 3.05) is 26.7 Å². The third-order valence-corrected chi connectivity index (χ3v) is 5.74. The fourth-order valence-electron chi connectivity index (χ4n) is 4.01. The zero-order valence-electron chi connectivity index (χ0n) is 17.3. The fourth-order valence-corrected chi connectivity index (χ4v) is 4.01. The molecule has 2 amide bonds. The monoisotopic (exact) mass is 408 g/mol. The highest BCUT2D eigenvalue weighted by molar-refractivity contribution is 5.84. The van der Waals surface area contributed by atoms with E-state index >= 15 is 0 Å². The molecule has 0 spiro atoms. The molecule has 0 radical (unpaired) electrons. The Balaban J connectivity index is 1.49. The Hall–Kier alpha value is -3.15. The first-order valence-electron chi connectivity index (χ1n) is 10.3. The number of likely N-dealkylation sites (tertiary alicyclic amines) is 1. The van der Waals surface area contributed by atoms with Gasteiger partial charge in [-0.2, -0.15) is 0 Å². The molecule has 0 atom stereocenters. The molecule has 1 aliphatic heterocycles. The van der Waals surface area contributed by atoms with Crippen molar-refractivity contribution in [1.82, 2.24) is 10.2 Å². The highest BCUT2D eigenvalue weighted by Gasteiger charge is 2.44. The van der Waals surface area contributed by atoms with Gasteiger partial charge in [0.25, 0.3) is 0 Å². The second-order valence-corrected chi connectivity index (χ2v) is 7.58. The summed E-state index contributed by atoms with van der Waals surface area (Å²) in [4.78, 5) is 39.0. The van der Waals surface area contributed by atoms with Crippen LogP contribution < -0.4 is 5.32 Å². The number of nitrogens with one attached hydrogen (secondary N) is 1. The number of hydrogen-bond donors (Lipinski definition) is 1. The van der Waals surface area contributed by atoms with Gasteiger partial charge in [0, 0.05) is 26.1 Å². The number of carbonyl (C=O) groups excluding carboxylic acids is 3. The third-order valence-electron chi connectivity index (χ3n) is 5.74. The molecule has 1 saturated heterocycles. The van der Waals surface area contributed by atoms with Crippen LogP contribution >= 0.6 is 0 Å². The summed E-state index contributed by atoms with van der Waals surface area (Å²) in [6.07, 6.45) is 1.60. The molecule has 2 aromatic rings. The van der Waals surface area contributed by atoms with Crippen LogP contribution in [0.25, 0.3) is 0 Å². The number of benzene rings is 2.